The van der Waals surface area contributed by atoms with Crippen molar-refractivity contribution in [2.24, 2.45) is 0 Å². The summed E-state index contributed by atoms with van der Waals surface area (Å²) in [6.07, 6.45) is 2.68. The molecule has 0 bridgehead atoms. The monoisotopic (exact) mass is 182 g/mol. The van der Waals surface area contributed by atoms with E-state index >= 15 is 0 Å². The lowest BCUT2D eigenvalue weighted by atomic mass is 10.2. The third-order valence-electron chi connectivity index (χ3n) is 1.22. The Morgan fingerprint density at radius 2 is 1.69 bits per heavy atom. The van der Waals surface area contributed by atoms with Gasteiger partial charge in [0.15, 0.2) is 0 Å². The zero-order chi connectivity index (χ0) is 8.10. The molecule has 0 saturated carbocycles. The van der Waals surface area contributed by atoms with Crippen molar-refractivity contribution in [3.63, 3.8) is 0 Å². The van der Waals surface area contributed by atoms with Gasteiger partial charge in [0.1, 0.15) is 0 Å². The van der Waals surface area contributed by atoms with E-state index in [1.54, 1.807) is 6.08 Å². The van der Waals surface area contributed by atoms with E-state index in [9.17, 15) is 4.79 Å². The van der Waals surface area contributed by atoms with Crippen LogP contribution in [-0.4, -0.2) is 11.1 Å². The lowest BCUT2D eigenvalue weighted by molar-refractivity contribution is -0.131. The molecular weight excluding hydrogens is 168 g/mol. The molecule has 4 nitrogen and oxygen atoms in total. The Morgan fingerprint density at radius 1 is 1.15 bits per heavy atom. The van der Waals surface area contributed by atoms with Gasteiger partial charge in [0.25, 0.3) is 0 Å². The summed E-state index contributed by atoms with van der Waals surface area (Å²) in [5, 5.41) is 8.29. The molecule has 1 aromatic rings. The summed E-state index contributed by atoms with van der Waals surface area (Å²) < 4.78 is 0. The molecule has 0 aliphatic carbocycles. The van der Waals surface area contributed by atoms with Gasteiger partial charge in [0.05, 0.1) is 0 Å². The molecule has 0 unspecified atom stereocenters. The fourth-order valence-corrected chi connectivity index (χ4v) is 0.732. The third-order valence-corrected chi connectivity index (χ3v) is 1.22. The van der Waals surface area contributed by atoms with E-state index in [2.05, 4.69) is 0 Å². The molecule has 7 N–H and O–H groups in total. The first-order valence-electron chi connectivity index (χ1n) is 3.25. The molecule has 0 spiro atoms. The molecule has 0 amide bonds. The van der Waals surface area contributed by atoms with Crippen molar-refractivity contribution in [1.82, 2.24) is 12.3 Å². The van der Waals surface area contributed by atoms with Gasteiger partial charge >= 0.3 is 5.97 Å². The maximum Gasteiger partial charge on any atom is 0.328 e. The summed E-state index contributed by atoms with van der Waals surface area (Å²) in [5.41, 5.74) is 0.898. The maximum absolute atomic E-state index is 10.1. The van der Waals surface area contributed by atoms with Crippen LogP contribution in [0.15, 0.2) is 36.4 Å². The minimum atomic E-state index is -0.922. The van der Waals surface area contributed by atoms with Crippen LogP contribution in [0, 0.1) is 0 Å². The van der Waals surface area contributed by atoms with Crippen LogP contribution in [0.1, 0.15) is 5.56 Å². The fraction of sp³-hybridized carbons (Fsp3) is 0. The Hall–Kier alpha value is -1.65. The number of carboxylic acids is 1. The van der Waals surface area contributed by atoms with Gasteiger partial charge in [-0.1, -0.05) is 30.3 Å². The third kappa shape index (κ3) is 5.60. The van der Waals surface area contributed by atoms with Crippen molar-refractivity contribution >= 4 is 12.0 Å². The van der Waals surface area contributed by atoms with Crippen LogP contribution in [0.2, 0.25) is 0 Å². The minimum absolute atomic E-state index is 0. The normalized spacial score (nSPS) is 8.62. The Kier molecular flexibility index (Phi) is 7.51. The summed E-state index contributed by atoms with van der Waals surface area (Å²) >= 11 is 0. The van der Waals surface area contributed by atoms with Crippen molar-refractivity contribution in [2.45, 2.75) is 0 Å². The molecule has 0 aliphatic heterocycles. The Labute approximate surface area is 77.1 Å². The van der Waals surface area contributed by atoms with E-state index < -0.39 is 5.97 Å². The van der Waals surface area contributed by atoms with Crippen molar-refractivity contribution in [3.05, 3.63) is 42.0 Å². The van der Waals surface area contributed by atoms with Crippen LogP contribution in [0.4, 0.5) is 0 Å². The van der Waals surface area contributed by atoms with Gasteiger partial charge in [-0.25, -0.2) is 4.79 Å². The van der Waals surface area contributed by atoms with Gasteiger partial charge in [0.2, 0.25) is 0 Å². The number of carboxylic acid groups (broad SMARTS) is 1. The predicted molar refractivity (Wildman–Crippen MR) is 53.2 cm³/mol. The second kappa shape index (κ2) is 7.02. The lowest BCUT2D eigenvalue weighted by Crippen LogP contribution is -1.85. The molecule has 0 fully saturated rings. The van der Waals surface area contributed by atoms with Crippen molar-refractivity contribution in [1.29, 1.82) is 0 Å². The predicted octanol–water partition coefficient (Wildman–Crippen LogP) is 2.11. The Bertz CT molecular complexity index is 270. The van der Waals surface area contributed by atoms with Gasteiger partial charge in [-0.2, -0.15) is 0 Å². The highest BCUT2D eigenvalue weighted by molar-refractivity contribution is 5.85. The number of benzene rings is 1. The van der Waals surface area contributed by atoms with Crippen LogP contribution in [0.3, 0.4) is 0 Å². The molecule has 13 heavy (non-hydrogen) atoms. The van der Waals surface area contributed by atoms with E-state index in [1.807, 2.05) is 30.3 Å². The average molecular weight is 182 g/mol. The van der Waals surface area contributed by atoms with E-state index in [0.717, 1.165) is 11.6 Å². The zero-order valence-electron chi connectivity index (χ0n) is 7.31. The van der Waals surface area contributed by atoms with E-state index in [-0.39, 0.29) is 12.3 Å². The summed E-state index contributed by atoms with van der Waals surface area (Å²) in [4.78, 5) is 10.1. The molecule has 4 heteroatoms. The summed E-state index contributed by atoms with van der Waals surface area (Å²) in [5.74, 6) is -0.922. The molecule has 0 atom stereocenters. The van der Waals surface area contributed by atoms with Crippen molar-refractivity contribution in [2.75, 3.05) is 0 Å². The summed E-state index contributed by atoms with van der Waals surface area (Å²) in [6.45, 7) is 0. The molecule has 0 aliphatic rings. The van der Waals surface area contributed by atoms with E-state index in [0.29, 0.717) is 0 Å². The molecule has 0 heterocycles. The van der Waals surface area contributed by atoms with Gasteiger partial charge in [-0.3, -0.25) is 0 Å². The molecule has 0 saturated heterocycles. The summed E-state index contributed by atoms with van der Waals surface area (Å²) in [7, 11) is 0. The number of aliphatic carboxylic acids is 1. The van der Waals surface area contributed by atoms with E-state index in [4.69, 9.17) is 5.11 Å². The van der Waals surface area contributed by atoms with Crippen LogP contribution in [0.5, 0.6) is 0 Å². The molecule has 0 radical (unpaired) electrons. The second-order valence-electron chi connectivity index (χ2n) is 2.08. The van der Waals surface area contributed by atoms with Crippen LogP contribution < -0.4 is 12.3 Å². The lowest BCUT2D eigenvalue weighted by Gasteiger charge is -1.87. The van der Waals surface area contributed by atoms with Gasteiger partial charge in [-0.05, 0) is 11.6 Å². The molecule has 72 valence electrons. The van der Waals surface area contributed by atoms with Gasteiger partial charge in [-0.15, -0.1) is 0 Å². The zero-order valence-corrected chi connectivity index (χ0v) is 7.31. The van der Waals surface area contributed by atoms with Crippen LogP contribution in [0.25, 0.3) is 6.08 Å². The Morgan fingerprint density at radius 3 is 2.15 bits per heavy atom. The Balaban J connectivity index is 0. The van der Waals surface area contributed by atoms with E-state index in [1.165, 1.54) is 0 Å². The largest absolute Gasteiger partial charge is 0.478 e. The number of hydrogen-bond donors (Lipinski definition) is 3. The molecular formula is C9H14N2O2. The standard InChI is InChI=1S/C9H8O2.2H3N/c10-9(11)7-6-8-4-2-1-3-5-8;;/h1-7H,(H,10,11);2*1H3/b7-6+;;. The highest BCUT2D eigenvalue weighted by Crippen LogP contribution is 1.99. The maximum atomic E-state index is 10.1. The van der Waals surface area contributed by atoms with Crippen LogP contribution in [-0.2, 0) is 4.79 Å². The summed E-state index contributed by atoms with van der Waals surface area (Å²) in [6, 6.07) is 9.31. The molecule has 1 rings (SSSR count). The second-order valence-corrected chi connectivity index (χ2v) is 2.08. The first-order valence-corrected chi connectivity index (χ1v) is 3.25. The highest BCUT2D eigenvalue weighted by atomic mass is 16.4. The number of carbonyl (C=O) groups is 1. The first kappa shape index (κ1) is 13.9. The number of hydrogen-bond acceptors (Lipinski definition) is 3. The fourth-order valence-electron chi connectivity index (χ4n) is 0.732. The first-order chi connectivity index (χ1) is 5.29. The SMILES string of the molecule is N.N.O=C(O)/C=C/c1ccccc1. The number of rotatable bonds is 2. The quantitative estimate of drug-likeness (QED) is 0.608. The highest BCUT2D eigenvalue weighted by Gasteiger charge is 1.85. The smallest absolute Gasteiger partial charge is 0.328 e. The molecule has 0 aromatic heterocycles. The topological polar surface area (TPSA) is 107 Å². The van der Waals surface area contributed by atoms with Crippen molar-refractivity contribution < 1.29 is 9.90 Å². The van der Waals surface area contributed by atoms with Crippen molar-refractivity contribution in [3.8, 4) is 0 Å². The average Bonchev–Trinajstić information content (AvgIpc) is 2.03. The van der Waals surface area contributed by atoms with Gasteiger partial charge < -0.3 is 17.4 Å². The minimum Gasteiger partial charge on any atom is -0.478 e. The van der Waals surface area contributed by atoms with Gasteiger partial charge in [0, 0.05) is 6.08 Å². The molecule has 1 aromatic carbocycles. The van der Waals surface area contributed by atoms with Crippen LogP contribution >= 0.6 is 0 Å².